The van der Waals surface area contributed by atoms with Crippen molar-refractivity contribution in [3.8, 4) is 39.8 Å². The van der Waals surface area contributed by atoms with E-state index in [1.54, 1.807) is 72.8 Å². The molecule has 0 fully saturated rings. The van der Waals surface area contributed by atoms with E-state index < -0.39 is 109 Å². The number of nitrogens with zero attached hydrogens (tertiary/aromatic N) is 4. The summed E-state index contributed by atoms with van der Waals surface area (Å²) < 4.78 is 214. The third-order valence-corrected chi connectivity index (χ3v) is 9.55. The molecule has 0 unspecified atom stereocenters. The van der Waals surface area contributed by atoms with Gasteiger partial charge in [0.15, 0.2) is 0 Å². The Morgan fingerprint density at radius 2 is 1.07 bits per heavy atom. The molecular weight excluding hydrogens is 733 g/mol. The van der Waals surface area contributed by atoms with Gasteiger partial charge in [0.05, 0.1) is 31.5 Å². The van der Waals surface area contributed by atoms with E-state index in [2.05, 4.69) is 15.0 Å². The quantitative estimate of drug-likeness (QED) is 0.123. The summed E-state index contributed by atoms with van der Waals surface area (Å²) in [7, 11) is 0. The number of aryl methyl sites for hydroxylation is 9. The highest BCUT2D eigenvalue weighted by Crippen LogP contribution is 2.36. The van der Waals surface area contributed by atoms with E-state index in [0.29, 0.717) is 34.7 Å². The van der Waals surface area contributed by atoms with Crippen LogP contribution in [0.15, 0.2) is 156 Å². The van der Waals surface area contributed by atoms with Crippen molar-refractivity contribution in [1.82, 2.24) is 15.0 Å². The van der Waals surface area contributed by atoms with Crippen molar-refractivity contribution in [2.24, 2.45) is 0 Å². The van der Waals surface area contributed by atoms with Gasteiger partial charge in [-0.2, -0.15) is 5.26 Å². The third kappa shape index (κ3) is 8.23. The second kappa shape index (κ2) is 17.0. The molecule has 5 heteroatoms. The molecule has 5 nitrogen and oxygen atoms in total. The molecule has 0 aliphatic carbocycles. The molecule has 0 amide bonds. The molecule has 60 heavy (non-hydrogen) atoms. The summed E-state index contributed by atoms with van der Waals surface area (Å²) >= 11 is 0. The number of fused-ring (bicyclic) bond motifs is 3. The topological polar surface area (TPSA) is 75.6 Å². The Morgan fingerprint density at radius 3 is 1.57 bits per heavy atom. The number of nitriles is 1. The van der Waals surface area contributed by atoms with Crippen molar-refractivity contribution in [2.45, 2.75) is 58.8 Å². The molecule has 9 aromatic rings. The number of rotatable bonds is 12. The predicted molar refractivity (Wildman–Crippen MR) is 244 cm³/mol. The zero-order chi connectivity index (χ0) is 61.0. The van der Waals surface area contributed by atoms with Gasteiger partial charge in [0.25, 0.3) is 0 Å². The van der Waals surface area contributed by atoms with E-state index >= 15 is 0 Å². The normalized spacial score (nSPS) is 19.0. The number of para-hydroxylation sites is 1. The smallest absolute Gasteiger partial charge is 0.144 e. The molecule has 0 saturated heterocycles. The first kappa shape index (κ1) is 20.2. The summed E-state index contributed by atoms with van der Waals surface area (Å²) in [4.78, 5) is 12.9. The Labute approximate surface area is 384 Å². The van der Waals surface area contributed by atoms with Gasteiger partial charge in [-0.15, -0.1) is 0 Å². The lowest BCUT2D eigenvalue weighted by molar-refractivity contribution is 0.669. The van der Waals surface area contributed by atoms with E-state index in [1.165, 1.54) is 18.2 Å². The van der Waals surface area contributed by atoms with E-state index in [1.807, 2.05) is 0 Å². The Kier molecular flexibility index (Phi) is 5.72. The van der Waals surface area contributed by atoms with E-state index in [-0.39, 0.29) is 56.8 Å². The average molecular weight is 802 g/mol. The summed E-state index contributed by atoms with van der Waals surface area (Å²) in [5.41, 5.74) is -7.13. The molecule has 0 N–H and O–H groups in total. The van der Waals surface area contributed by atoms with Crippen LogP contribution in [0.3, 0.4) is 0 Å². The second-order valence-corrected chi connectivity index (χ2v) is 13.6. The lowest BCUT2D eigenvalue weighted by atomic mass is 9.93. The van der Waals surface area contributed by atoms with Gasteiger partial charge in [-0.1, -0.05) is 91.0 Å². The van der Waals surface area contributed by atoms with Crippen LogP contribution in [0.1, 0.15) is 87.2 Å². The highest BCUT2D eigenvalue weighted by molar-refractivity contribution is 6.09. The minimum absolute atomic E-state index is 0.0380. The maximum absolute atomic E-state index is 9.66. The van der Waals surface area contributed by atoms with E-state index in [9.17, 15) is 21.7 Å². The molecule has 0 spiro atoms. The predicted octanol–water partition coefficient (Wildman–Crippen LogP) is 12.9. The summed E-state index contributed by atoms with van der Waals surface area (Å²) in [5, 5.41) is 10.2. The van der Waals surface area contributed by atoms with E-state index in [0.717, 1.165) is 36.8 Å². The van der Waals surface area contributed by atoms with Crippen LogP contribution in [0.25, 0.3) is 55.7 Å². The number of pyridine rings is 3. The Morgan fingerprint density at radius 1 is 0.567 bits per heavy atom. The Hall–Kier alpha value is -7.16. The largest absolute Gasteiger partial charge is 0.455 e. The summed E-state index contributed by atoms with van der Waals surface area (Å²) in [6.45, 7) is -9.53. The molecule has 4 heterocycles. The van der Waals surface area contributed by atoms with Gasteiger partial charge >= 0.3 is 0 Å². The molecule has 0 atom stereocenters. The minimum Gasteiger partial charge on any atom is -0.455 e. The van der Waals surface area contributed by atoms with E-state index in [4.69, 9.17) is 19.5 Å². The van der Waals surface area contributed by atoms with Crippen molar-refractivity contribution in [1.29, 1.82) is 5.26 Å². The second-order valence-electron chi connectivity index (χ2n) is 13.6. The SMILES string of the molecule is [2H]c1cc2c(oc3c(-c4cc(C([2H])([2H])[2H])c(C([2H])([2H])C([2H])([2H])c5cc(C([2H])([2H])C([2H])([2H])c6cnc(-c7ccccc7)cc6C([2H])([2H])[2H])cc(C([2H])([2H])C([2H])([2H])c6cnc(-c7ccccc7)cc6C([2H])([2H])[2H])c5)cn4)cccc32)c([2H])c1C#N. The van der Waals surface area contributed by atoms with Crippen molar-refractivity contribution < 1.29 is 35.9 Å². The van der Waals surface area contributed by atoms with Crippen LogP contribution in [-0.2, 0) is 38.2 Å². The molecule has 0 radical (unpaired) electrons. The molecule has 0 saturated carbocycles. The number of furan rings is 1. The molecule has 4 aromatic heterocycles. The molecule has 0 bridgehead atoms. The van der Waals surface area contributed by atoms with Crippen molar-refractivity contribution in [3.63, 3.8) is 0 Å². The van der Waals surface area contributed by atoms with Crippen molar-refractivity contribution in [3.05, 3.63) is 208 Å². The summed E-state index contributed by atoms with van der Waals surface area (Å²) in [6.07, 6.45) is -19.1. The van der Waals surface area contributed by atoms with Gasteiger partial charge in [0.1, 0.15) is 11.2 Å². The first-order valence-electron chi connectivity index (χ1n) is 30.1. The van der Waals surface area contributed by atoms with Crippen LogP contribution < -0.4 is 0 Å². The third-order valence-electron chi connectivity index (χ3n) is 9.55. The molecule has 5 aromatic carbocycles. The van der Waals surface area contributed by atoms with Gasteiger partial charge in [-0.3, -0.25) is 15.0 Å². The van der Waals surface area contributed by atoms with Gasteiger partial charge in [-0.25, -0.2) is 0 Å². The Bertz CT molecular complexity index is 3910. The zero-order valence-electron chi connectivity index (χ0n) is 54.5. The maximum atomic E-state index is 9.66. The van der Waals surface area contributed by atoms with Crippen LogP contribution in [0.5, 0.6) is 0 Å². The van der Waals surface area contributed by atoms with Crippen molar-refractivity contribution >= 4 is 21.9 Å². The van der Waals surface area contributed by atoms with Gasteiger partial charge < -0.3 is 4.42 Å². The lowest BCUT2D eigenvalue weighted by Crippen LogP contribution is -2.02. The van der Waals surface area contributed by atoms with Crippen LogP contribution in [0.4, 0.5) is 0 Å². The first-order valence-corrected chi connectivity index (χ1v) is 18.6. The molecular formula is C55H46N4O. The Balaban J connectivity index is 1.25. The van der Waals surface area contributed by atoms with Gasteiger partial charge in [0, 0.05) is 74.8 Å². The lowest BCUT2D eigenvalue weighted by Gasteiger charge is -2.14. The maximum Gasteiger partial charge on any atom is 0.144 e. The van der Waals surface area contributed by atoms with Gasteiger partial charge in [0.2, 0.25) is 0 Å². The minimum atomic E-state index is -3.66. The fraction of sp³-hybridized carbons (Fsp3) is 0.164. The highest BCUT2D eigenvalue weighted by atomic mass is 16.3. The van der Waals surface area contributed by atoms with Crippen molar-refractivity contribution in [2.75, 3.05) is 0 Å². The summed E-state index contributed by atoms with van der Waals surface area (Å²) in [5.74, 6) is 0. The van der Waals surface area contributed by atoms with Crippen LogP contribution in [-0.4, -0.2) is 15.0 Å². The zero-order valence-corrected chi connectivity index (χ0v) is 31.5. The average Bonchev–Trinajstić information content (AvgIpc) is 4.01. The standard InChI is InChI=1S/C55H46N4O/c1-36-25-51(43-11-6-4-7-12-43)57-33-45(36)21-17-39-28-40(18-22-46-34-58-52(26-37(46)2)44-13-8-5-9-14-44)30-41(29-39)19-23-47-35-59-53(27-38(47)3)50-16-10-15-49-48-24-20-42(32-56)31-54(48)60-55(49)50/h4-16,20,24-31,33-35H,17-19,21-23H2,1-3H3/i1D3,2D3,3D3,17D2,18D2,19D2,20D,21D2,22D2,23D2,31D. The monoisotopic (exact) mass is 802 g/mol. The molecule has 292 valence electrons. The number of hydrogen-bond acceptors (Lipinski definition) is 5. The van der Waals surface area contributed by atoms with Crippen LogP contribution in [0.2, 0.25) is 0 Å². The highest BCUT2D eigenvalue weighted by Gasteiger charge is 2.15. The van der Waals surface area contributed by atoms with Crippen LogP contribution >= 0.6 is 0 Å². The number of hydrogen-bond donors (Lipinski definition) is 0. The number of aromatic nitrogens is 3. The molecule has 0 aliphatic heterocycles. The number of benzene rings is 5. The molecule has 9 rings (SSSR count). The summed E-state index contributed by atoms with van der Waals surface area (Å²) in [6, 6.07) is 28.4. The first-order chi connectivity index (χ1) is 38.4. The fourth-order valence-electron chi connectivity index (χ4n) is 6.54. The van der Waals surface area contributed by atoms with Crippen LogP contribution in [0, 0.1) is 31.9 Å². The molecule has 0 aliphatic rings. The van der Waals surface area contributed by atoms with Gasteiger partial charge in [-0.05, 0) is 151 Å². The fourth-order valence-corrected chi connectivity index (χ4v) is 6.54.